The molecule has 0 aliphatic rings. The van der Waals surface area contributed by atoms with Crippen molar-refractivity contribution in [2.75, 3.05) is 13.2 Å². The third-order valence-corrected chi connectivity index (χ3v) is 4.81. The maximum absolute atomic E-state index is 13.9. The molecular weight excluding hydrogens is 347 g/mol. The normalized spacial score (nSPS) is 14.2. The van der Waals surface area contributed by atoms with Gasteiger partial charge in [0.15, 0.2) is 6.17 Å². The highest BCUT2D eigenvalue weighted by Crippen LogP contribution is 2.15. The molecule has 2 aromatic rings. The van der Waals surface area contributed by atoms with Crippen LogP contribution in [0.15, 0.2) is 59.5 Å². The topological polar surface area (TPSA) is 72.8 Å². The Morgan fingerprint density at radius 2 is 1.68 bits per heavy atom. The van der Waals surface area contributed by atoms with Crippen LogP contribution in [0.1, 0.15) is 11.1 Å². The van der Waals surface area contributed by atoms with E-state index < -0.39 is 29.0 Å². The Balaban J connectivity index is 1.78. The van der Waals surface area contributed by atoms with Gasteiger partial charge in [-0.2, -0.15) is 8.42 Å². The molecule has 25 heavy (non-hydrogen) atoms. The molecule has 2 rings (SSSR count). The average molecular weight is 368 g/mol. The van der Waals surface area contributed by atoms with E-state index in [0.717, 1.165) is 11.1 Å². The summed E-state index contributed by atoms with van der Waals surface area (Å²) in [6.07, 6.45) is -3.35. The molecule has 0 aromatic heterocycles. The summed E-state index contributed by atoms with van der Waals surface area (Å²) < 4.78 is 47.8. The predicted molar refractivity (Wildman–Crippen MR) is 91.3 cm³/mol. The molecule has 0 bridgehead atoms. The molecule has 0 saturated carbocycles. The van der Waals surface area contributed by atoms with E-state index in [2.05, 4.69) is 4.18 Å². The molecule has 0 spiro atoms. The number of aliphatic hydroxyl groups is 1. The third-order valence-electron chi connectivity index (χ3n) is 3.51. The lowest BCUT2D eigenvalue weighted by Gasteiger charge is -2.16. The quantitative estimate of drug-likeness (QED) is 0.689. The average Bonchev–Trinajstić information content (AvgIpc) is 2.61. The lowest BCUT2D eigenvalue weighted by molar-refractivity contribution is -0.0241. The van der Waals surface area contributed by atoms with E-state index in [1.54, 1.807) is 12.1 Å². The first-order chi connectivity index (χ1) is 11.9. The van der Waals surface area contributed by atoms with Crippen LogP contribution in [0.4, 0.5) is 4.39 Å². The van der Waals surface area contributed by atoms with Crippen LogP contribution in [0.2, 0.25) is 0 Å². The predicted octanol–water partition coefficient (Wildman–Crippen LogP) is 2.62. The molecule has 2 atom stereocenters. The Hall–Kier alpha value is -1.80. The molecule has 1 N–H and O–H groups in total. The number of aliphatic hydroxyl groups excluding tert-OH is 1. The van der Waals surface area contributed by atoms with Crippen molar-refractivity contribution in [2.24, 2.45) is 0 Å². The van der Waals surface area contributed by atoms with Crippen LogP contribution in [0.3, 0.4) is 0 Å². The van der Waals surface area contributed by atoms with Crippen LogP contribution in [0.25, 0.3) is 0 Å². The van der Waals surface area contributed by atoms with E-state index in [1.165, 1.54) is 12.1 Å². The number of ether oxygens (including phenoxy) is 1. The molecule has 0 amide bonds. The van der Waals surface area contributed by atoms with Gasteiger partial charge in [-0.3, -0.25) is 4.18 Å². The fraction of sp³-hybridized carbons (Fsp3) is 0.333. The van der Waals surface area contributed by atoms with E-state index in [-0.39, 0.29) is 18.1 Å². The Labute approximate surface area is 147 Å². The Kier molecular flexibility index (Phi) is 7.07. The molecular formula is C18H21FO5S. The summed E-state index contributed by atoms with van der Waals surface area (Å²) in [7, 11) is -4.06. The highest BCUT2D eigenvalue weighted by Gasteiger charge is 2.23. The zero-order chi connectivity index (χ0) is 18.3. The highest BCUT2D eigenvalue weighted by molar-refractivity contribution is 7.86. The highest BCUT2D eigenvalue weighted by atomic mass is 32.2. The van der Waals surface area contributed by atoms with Crippen LogP contribution in [-0.4, -0.2) is 39.0 Å². The van der Waals surface area contributed by atoms with Crippen molar-refractivity contribution >= 4 is 10.1 Å². The zero-order valence-electron chi connectivity index (χ0n) is 13.8. The van der Waals surface area contributed by atoms with Gasteiger partial charge in [0, 0.05) is 0 Å². The zero-order valence-corrected chi connectivity index (χ0v) is 14.7. The second kappa shape index (κ2) is 9.05. The van der Waals surface area contributed by atoms with E-state index >= 15 is 0 Å². The molecule has 5 nitrogen and oxygen atoms in total. The molecule has 0 aliphatic heterocycles. The minimum atomic E-state index is -4.06. The van der Waals surface area contributed by atoms with Crippen LogP contribution in [-0.2, 0) is 25.6 Å². The summed E-state index contributed by atoms with van der Waals surface area (Å²) in [4.78, 5) is -0.0554. The number of alkyl halides is 1. The minimum Gasteiger partial charge on any atom is -0.388 e. The van der Waals surface area contributed by atoms with Gasteiger partial charge < -0.3 is 9.84 Å². The molecule has 7 heteroatoms. The number of aryl methyl sites for hydroxylation is 1. The van der Waals surface area contributed by atoms with Crippen LogP contribution < -0.4 is 0 Å². The van der Waals surface area contributed by atoms with Gasteiger partial charge in [-0.25, -0.2) is 4.39 Å². The summed E-state index contributed by atoms with van der Waals surface area (Å²) in [5.41, 5.74) is 1.79. The molecule has 136 valence electrons. The fourth-order valence-corrected chi connectivity index (χ4v) is 2.93. The number of rotatable bonds is 9. The van der Waals surface area contributed by atoms with Gasteiger partial charge in [-0.15, -0.1) is 0 Å². The van der Waals surface area contributed by atoms with Crippen molar-refractivity contribution in [2.45, 2.75) is 30.7 Å². The van der Waals surface area contributed by atoms with Crippen molar-refractivity contribution in [3.63, 3.8) is 0 Å². The lowest BCUT2D eigenvalue weighted by Crippen LogP contribution is -2.31. The summed E-state index contributed by atoms with van der Waals surface area (Å²) in [5.74, 6) is 0. The van der Waals surface area contributed by atoms with Crippen LogP contribution in [0, 0.1) is 6.92 Å². The van der Waals surface area contributed by atoms with Gasteiger partial charge in [-0.1, -0.05) is 48.0 Å². The molecule has 0 heterocycles. The maximum atomic E-state index is 13.9. The smallest absolute Gasteiger partial charge is 0.297 e. The molecule has 0 saturated heterocycles. The van der Waals surface area contributed by atoms with E-state index in [0.29, 0.717) is 0 Å². The van der Waals surface area contributed by atoms with Crippen molar-refractivity contribution in [1.82, 2.24) is 0 Å². The maximum Gasteiger partial charge on any atom is 0.297 e. The summed E-state index contributed by atoms with van der Waals surface area (Å²) in [6.45, 7) is 1.02. The van der Waals surface area contributed by atoms with Gasteiger partial charge in [0.2, 0.25) is 0 Å². The largest absolute Gasteiger partial charge is 0.388 e. The Bertz CT molecular complexity index is 747. The van der Waals surface area contributed by atoms with Gasteiger partial charge >= 0.3 is 0 Å². The lowest BCUT2D eigenvalue weighted by atomic mass is 10.2. The van der Waals surface area contributed by atoms with E-state index in [1.807, 2.05) is 37.3 Å². The molecule has 0 radical (unpaired) electrons. The number of hydrogen-bond acceptors (Lipinski definition) is 5. The second-order valence-corrected chi connectivity index (χ2v) is 7.25. The van der Waals surface area contributed by atoms with Crippen molar-refractivity contribution in [3.8, 4) is 0 Å². The monoisotopic (exact) mass is 368 g/mol. The third kappa shape index (κ3) is 6.21. The molecule has 0 unspecified atom stereocenters. The molecule has 2 aromatic carbocycles. The standard InChI is InChI=1S/C18H21FO5S/c1-14-7-9-16(10-8-14)25(21,22)24-12-17(19)18(20)13-23-11-15-5-3-2-4-6-15/h2-10,17-18,20H,11-13H2,1H3/t17-,18+/m0/s1. The molecule has 0 fully saturated rings. The SMILES string of the molecule is Cc1ccc(S(=O)(=O)OC[C@H](F)[C@H](O)COCc2ccccc2)cc1. The summed E-state index contributed by atoms with van der Waals surface area (Å²) in [6, 6.07) is 15.3. The summed E-state index contributed by atoms with van der Waals surface area (Å²) in [5, 5.41) is 9.72. The van der Waals surface area contributed by atoms with Gasteiger partial charge in [0.1, 0.15) is 12.7 Å². The Morgan fingerprint density at radius 3 is 2.32 bits per heavy atom. The fourth-order valence-electron chi connectivity index (χ4n) is 2.01. The van der Waals surface area contributed by atoms with Crippen molar-refractivity contribution in [1.29, 1.82) is 0 Å². The first-order valence-corrected chi connectivity index (χ1v) is 9.19. The van der Waals surface area contributed by atoms with Crippen molar-refractivity contribution < 1.29 is 26.8 Å². The number of hydrogen-bond donors (Lipinski definition) is 1. The van der Waals surface area contributed by atoms with Gasteiger partial charge in [-0.05, 0) is 24.6 Å². The summed E-state index contributed by atoms with van der Waals surface area (Å²) >= 11 is 0. The van der Waals surface area contributed by atoms with Gasteiger partial charge in [0.05, 0.1) is 18.1 Å². The van der Waals surface area contributed by atoms with Crippen molar-refractivity contribution in [3.05, 3.63) is 65.7 Å². The molecule has 0 aliphatic carbocycles. The first kappa shape index (κ1) is 19.5. The van der Waals surface area contributed by atoms with E-state index in [4.69, 9.17) is 4.74 Å². The number of benzene rings is 2. The first-order valence-electron chi connectivity index (χ1n) is 7.78. The van der Waals surface area contributed by atoms with E-state index in [9.17, 15) is 17.9 Å². The van der Waals surface area contributed by atoms with Crippen LogP contribution >= 0.6 is 0 Å². The van der Waals surface area contributed by atoms with Crippen LogP contribution in [0.5, 0.6) is 0 Å². The second-order valence-electron chi connectivity index (χ2n) is 5.64. The minimum absolute atomic E-state index is 0.0554. The van der Waals surface area contributed by atoms with Gasteiger partial charge in [0.25, 0.3) is 10.1 Å². The number of halogens is 1. The Morgan fingerprint density at radius 1 is 1.04 bits per heavy atom.